The number of hydrogen-bond acceptors (Lipinski definition) is 3. The lowest BCUT2D eigenvalue weighted by Crippen LogP contribution is -2.54. The van der Waals surface area contributed by atoms with Gasteiger partial charge in [0.25, 0.3) is 0 Å². The molecule has 0 aromatic carbocycles. The van der Waals surface area contributed by atoms with E-state index in [-0.39, 0.29) is 5.91 Å². The van der Waals surface area contributed by atoms with Gasteiger partial charge in [-0.25, -0.2) is 0 Å². The fourth-order valence-corrected chi connectivity index (χ4v) is 3.09. The van der Waals surface area contributed by atoms with Crippen molar-refractivity contribution in [3.63, 3.8) is 0 Å². The average Bonchev–Trinajstić information content (AvgIpc) is 2.75. The Bertz CT molecular complexity index is 326. The van der Waals surface area contributed by atoms with Gasteiger partial charge >= 0.3 is 0 Å². The van der Waals surface area contributed by atoms with Crippen molar-refractivity contribution in [3.8, 4) is 0 Å². The van der Waals surface area contributed by atoms with Crippen molar-refractivity contribution in [2.45, 2.75) is 38.6 Å². The van der Waals surface area contributed by atoms with Crippen LogP contribution in [0, 0.1) is 5.41 Å². The average molecular weight is 256 g/mol. The van der Waals surface area contributed by atoms with Gasteiger partial charge in [0.05, 0.1) is 4.99 Å². The predicted octanol–water partition coefficient (Wildman–Crippen LogP) is 1.08. The molecule has 0 radical (unpaired) electrons. The number of likely N-dealkylation sites (tertiary alicyclic amines) is 1. The van der Waals surface area contributed by atoms with Gasteiger partial charge in [-0.1, -0.05) is 12.2 Å². The van der Waals surface area contributed by atoms with Crippen LogP contribution in [0.4, 0.5) is 0 Å². The van der Waals surface area contributed by atoms with Crippen LogP contribution in [-0.4, -0.2) is 41.6 Å². The molecule has 0 saturated carbocycles. The molecule has 0 spiro atoms. The van der Waals surface area contributed by atoms with E-state index in [0.29, 0.717) is 37.1 Å². The zero-order valence-electron chi connectivity index (χ0n) is 10.3. The molecule has 2 aliphatic heterocycles. The normalized spacial score (nSPS) is 28.1. The molecule has 1 atom stereocenters. The minimum Gasteiger partial charge on any atom is -0.392 e. The number of nitrogens with two attached hydrogens (primary N) is 1. The Labute approximate surface area is 107 Å². The Balaban J connectivity index is 2.21. The molecule has 0 aromatic heterocycles. The summed E-state index contributed by atoms with van der Waals surface area (Å²) in [7, 11) is 0. The molecule has 4 nitrogen and oxygen atoms in total. The SMILES string of the molecule is CC1CCCN1C(=O)C1(C(N)=S)CCOCC1. The van der Waals surface area contributed by atoms with Gasteiger partial charge < -0.3 is 15.4 Å². The first-order valence-electron chi connectivity index (χ1n) is 6.27. The predicted molar refractivity (Wildman–Crippen MR) is 69.7 cm³/mol. The maximum absolute atomic E-state index is 12.7. The fourth-order valence-electron chi connectivity index (χ4n) is 2.80. The fraction of sp³-hybridized carbons (Fsp3) is 0.833. The standard InChI is InChI=1S/C12H20N2O2S/c1-9-3-2-6-14(9)11(15)12(10(13)17)4-7-16-8-5-12/h9H,2-8H2,1H3,(H2,13,17). The summed E-state index contributed by atoms with van der Waals surface area (Å²) in [5.74, 6) is 0.123. The van der Waals surface area contributed by atoms with Crippen molar-refractivity contribution in [1.82, 2.24) is 4.90 Å². The number of ether oxygens (including phenoxy) is 1. The van der Waals surface area contributed by atoms with Crippen molar-refractivity contribution < 1.29 is 9.53 Å². The maximum Gasteiger partial charge on any atom is 0.236 e. The van der Waals surface area contributed by atoms with Crippen LogP contribution in [0.2, 0.25) is 0 Å². The second kappa shape index (κ2) is 4.90. The Morgan fingerprint density at radius 2 is 2.12 bits per heavy atom. The van der Waals surface area contributed by atoms with Crippen molar-refractivity contribution in [2.24, 2.45) is 11.1 Å². The van der Waals surface area contributed by atoms with E-state index in [1.54, 1.807) is 0 Å². The summed E-state index contributed by atoms with van der Waals surface area (Å²) < 4.78 is 5.33. The van der Waals surface area contributed by atoms with Crippen LogP contribution in [0.3, 0.4) is 0 Å². The van der Waals surface area contributed by atoms with E-state index in [1.807, 2.05) is 4.90 Å². The summed E-state index contributed by atoms with van der Waals surface area (Å²) in [6, 6.07) is 0.316. The molecule has 96 valence electrons. The Morgan fingerprint density at radius 3 is 2.59 bits per heavy atom. The van der Waals surface area contributed by atoms with E-state index in [2.05, 4.69) is 6.92 Å². The molecule has 2 saturated heterocycles. The molecule has 2 fully saturated rings. The van der Waals surface area contributed by atoms with Crippen molar-refractivity contribution in [2.75, 3.05) is 19.8 Å². The van der Waals surface area contributed by atoms with Gasteiger partial charge in [0.15, 0.2) is 0 Å². The van der Waals surface area contributed by atoms with Gasteiger partial charge in [-0.05, 0) is 32.6 Å². The van der Waals surface area contributed by atoms with Crippen molar-refractivity contribution >= 4 is 23.1 Å². The third-order valence-electron chi connectivity index (χ3n) is 4.04. The summed E-state index contributed by atoms with van der Waals surface area (Å²) in [6.07, 6.45) is 3.42. The number of hydrogen-bond donors (Lipinski definition) is 1. The van der Waals surface area contributed by atoms with Crippen LogP contribution in [0.15, 0.2) is 0 Å². The third-order valence-corrected chi connectivity index (χ3v) is 4.43. The Kier molecular flexibility index (Phi) is 3.68. The summed E-state index contributed by atoms with van der Waals surface area (Å²) in [5.41, 5.74) is 5.20. The van der Waals surface area contributed by atoms with Crippen LogP contribution < -0.4 is 5.73 Å². The van der Waals surface area contributed by atoms with E-state index in [4.69, 9.17) is 22.7 Å². The molecular formula is C12H20N2O2S. The highest BCUT2D eigenvalue weighted by molar-refractivity contribution is 7.80. The topological polar surface area (TPSA) is 55.6 Å². The van der Waals surface area contributed by atoms with Crippen LogP contribution in [0.1, 0.15) is 32.6 Å². The first kappa shape index (κ1) is 12.8. The number of nitrogens with zero attached hydrogens (tertiary/aromatic N) is 1. The molecule has 1 amide bonds. The van der Waals surface area contributed by atoms with E-state index in [1.165, 1.54) is 0 Å². The van der Waals surface area contributed by atoms with Gasteiger partial charge in [-0.15, -0.1) is 0 Å². The summed E-state index contributed by atoms with van der Waals surface area (Å²) in [6.45, 7) is 4.08. The van der Waals surface area contributed by atoms with E-state index >= 15 is 0 Å². The second-order valence-corrected chi connectivity index (χ2v) is 5.49. The van der Waals surface area contributed by atoms with Crippen molar-refractivity contribution in [1.29, 1.82) is 0 Å². The van der Waals surface area contributed by atoms with E-state index in [9.17, 15) is 4.79 Å². The molecule has 0 aliphatic carbocycles. The third kappa shape index (κ3) is 2.18. The molecule has 2 aliphatic rings. The molecule has 2 rings (SSSR count). The lowest BCUT2D eigenvalue weighted by atomic mass is 9.78. The zero-order valence-corrected chi connectivity index (χ0v) is 11.1. The van der Waals surface area contributed by atoms with Gasteiger partial charge in [0.2, 0.25) is 5.91 Å². The molecule has 0 bridgehead atoms. The summed E-state index contributed by atoms with van der Waals surface area (Å²) in [5, 5.41) is 0. The molecule has 0 aromatic rings. The second-order valence-electron chi connectivity index (χ2n) is 5.05. The van der Waals surface area contributed by atoms with E-state index < -0.39 is 5.41 Å². The smallest absolute Gasteiger partial charge is 0.236 e. The maximum atomic E-state index is 12.7. The Morgan fingerprint density at radius 1 is 1.47 bits per heavy atom. The molecular weight excluding hydrogens is 236 g/mol. The molecule has 17 heavy (non-hydrogen) atoms. The van der Waals surface area contributed by atoms with Crippen molar-refractivity contribution in [3.05, 3.63) is 0 Å². The summed E-state index contributed by atoms with van der Waals surface area (Å²) in [4.78, 5) is 15.0. The van der Waals surface area contributed by atoms with Gasteiger partial charge in [0, 0.05) is 25.8 Å². The Hall–Kier alpha value is -0.680. The van der Waals surface area contributed by atoms with Gasteiger partial charge in [0.1, 0.15) is 5.41 Å². The molecule has 5 heteroatoms. The minimum atomic E-state index is -0.647. The zero-order chi connectivity index (χ0) is 12.5. The molecule has 2 N–H and O–H groups in total. The number of thiocarbonyl (C=S) groups is 1. The first-order chi connectivity index (χ1) is 8.08. The van der Waals surface area contributed by atoms with Crippen LogP contribution >= 0.6 is 12.2 Å². The van der Waals surface area contributed by atoms with Crippen LogP contribution in [0.5, 0.6) is 0 Å². The monoisotopic (exact) mass is 256 g/mol. The molecule has 2 heterocycles. The highest BCUT2D eigenvalue weighted by Gasteiger charge is 2.46. The van der Waals surface area contributed by atoms with Gasteiger partial charge in [-0.2, -0.15) is 0 Å². The minimum absolute atomic E-state index is 0.123. The lowest BCUT2D eigenvalue weighted by molar-refractivity contribution is -0.142. The summed E-state index contributed by atoms with van der Waals surface area (Å²) >= 11 is 5.15. The highest BCUT2D eigenvalue weighted by Crippen LogP contribution is 2.35. The highest BCUT2D eigenvalue weighted by atomic mass is 32.1. The van der Waals surface area contributed by atoms with Gasteiger partial charge in [-0.3, -0.25) is 4.79 Å². The number of carbonyl (C=O) groups is 1. The van der Waals surface area contributed by atoms with E-state index in [0.717, 1.165) is 19.4 Å². The quantitative estimate of drug-likeness (QED) is 0.751. The number of rotatable bonds is 2. The van der Waals surface area contributed by atoms with Crippen LogP contribution in [-0.2, 0) is 9.53 Å². The number of carbonyl (C=O) groups excluding carboxylic acids is 1. The number of amides is 1. The largest absolute Gasteiger partial charge is 0.392 e. The molecule has 1 unspecified atom stereocenters. The lowest BCUT2D eigenvalue weighted by Gasteiger charge is -2.39. The van der Waals surface area contributed by atoms with Crippen LogP contribution in [0.25, 0.3) is 0 Å². The first-order valence-corrected chi connectivity index (χ1v) is 6.67.